The van der Waals surface area contributed by atoms with E-state index in [0.717, 1.165) is 37.9 Å². The second-order valence-corrected chi connectivity index (χ2v) is 6.33. The number of anilines is 2. The maximum absolute atomic E-state index is 11.2. The average molecular weight is 309 g/mol. The molecule has 23 heavy (non-hydrogen) atoms. The number of fused-ring (bicyclic) bond motifs is 1. The van der Waals surface area contributed by atoms with Crippen LogP contribution in [0.2, 0.25) is 0 Å². The summed E-state index contributed by atoms with van der Waals surface area (Å²) in [6, 6.07) is 14.3. The van der Waals surface area contributed by atoms with Crippen molar-refractivity contribution in [1.82, 2.24) is 0 Å². The van der Waals surface area contributed by atoms with Gasteiger partial charge >= 0.3 is 0 Å². The molecule has 0 spiro atoms. The van der Waals surface area contributed by atoms with Crippen LogP contribution in [-0.4, -0.2) is 17.5 Å². The molecular weight excluding hydrogens is 290 g/mol. The van der Waals surface area contributed by atoms with Crippen molar-refractivity contribution >= 4 is 17.1 Å². The summed E-state index contributed by atoms with van der Waals surface area (Å²) in [7, 11) is 0. The minimum Gasteiger partial charge on any atom is -0.377 e. The van der Waals surface area contributed by atoms with Crippen LogP contribution >= 0.6 is 0 Å². The highest BCUT2D eigenvalue weighted by atomic mass is 16.6. The van der Waals surface area contributed by atoms with E-state index in [9.17, 15) is 10.1 Å². The van der Waals surface area contributed by atoms with Gasteiger partial charge in [-0.05, 0) is 42.5 Å². The van der Waals surface area contributed by atoms with Gasteiger partial charge in [0.25, 0.3) is 5.69 Å². The van der Waals surface area contributed by atoms with Crippen LogP contribution in [-0.2, 0) is 13.0 Å². The first-order chi connectivity index (χ1) is 11.2. The number of para-hydroxylation sites is 1. The number of benzene rings is 2. The zero-order chi connectivity index (χ0) is 15.8. The predicted molar refractivity (Wildman–Crippen MR) is 90.9 cm³/mol. The number of nitrogens with zero attached hydrogens (tertiary/aromatic N) is 2. The lowest BCUT2D eigenvalue weighted by Gasteiger charge is -2.20. The topological polar surface area (TPSA) is 58.4 Å². The van der Waals surface area contributed by atoms with Crippen LogP contribution in [0, 0.1) is 10.1 Å². The second-order valence-electron chi connectivity index (χ2n) is 6.33. The third kappa shape index (κ3) is 2.86. The number of nitrogens with one attached hydrogen (secondary N) is 1. The fraction of sp³-hybridized carbons (Fsp3) is 0.333. The molecule has 118 valence electrons. The number of nitro groups is 1. The van der Waals surface area contributed by atoms with E-state index in [0.29, 0.717) is 11.7 Å². The van der Waals surface area contributed by atoms with Crippen LogP contribution in [0.15, 0.2) is 42.5 Å². The minimum absolute atomic E-state index is 0.169. The maximum Gasteiger partial charge on any atom is 0.292 e. The number of hydrogen-bond acceptors (Lipinski definition) is 4. The van der Waals surface area contributed by atoms with Gasteiger partial charge < -0.3 is 10.2 Å². The van der Waals surface area contributed by atoms with Gasteiger partial charge in [-0.1, -0.05) is 24.3 Å². The van der Waals surface area contributed by atoms with E-state index in [2.05, 4.69) is 34.5 Å². The average Bonchev–Trinajstić information content (AvgIpc) is 3.27. The highest BCUT2D eigenvalue weighted by molar-refractivity contribution is 5.65. The highest BCUT2D eigenvalue weighted by Crippen LogP contribution is 2.33. The SMILES string of the molecule is O=[N+]([O-])c1ccc(CN2CCc3ccccc32)cc1NC1CC1. The molecule has 2 aromatic carbocycles. The molecule has 2 aliphatic rings. The van der Waals surface area contributed by atoms with Crippen molar-refractivity contribution in [2.24, 2.45) is 0 Å². The second kappa shape index (κ2) is 5.57. The monoisotopic (exact) mass is 309 g/mol. The Morgan fingerprint density at radius 1 is 1.22 bits per heavy atom. The molecule has 0 saturated heterocycles. The van der Waals surface area contributed by atoms with E-state index in [4.69, 9.17) is 0 Å². The summed E-state index contributed by atoms with van der Waals surface area (Å²) in [6.07, 6.45) is 3.26. The quantitative estimate of drug-likeness (QED) is 0.675. The number of rotatable bonds is 5. The lowest BCUT2D eigenvalue weighted by atomic mass is 10.1. The van der Waals surface area contributed by atoms with E-state index in [1.54, 1.807) is 6.07 Å². The standard InChI is InChI=1S/C18H19N3O2/c22-21(23)18-8-5-13(11-16(18)19-15-6-7-15)12-20-10-9-14-3-1-2-4-17(14)20/h1-5,8,11,15,19H,6-7,9-10,12H2. The normalized spacial score (nSPS) is 16.3. The van der Waals surface area contributed by atoms with E-state index in [1.165, 1.54) is 11.3 Å². The van der Waals surface area contributed by atoms with Crippen LogP contribution in [0.25, 0.3) is 0 Å². The van der Waals surface area contributed by atoms with E-state index in [-0.39, 0.29) is 10.6 Å². The molecule has 1 heterocycles. The maximum atomic E-state index is 11.2. The molecular formula is C18H19N3O2. The molecule has 0 unspecified atom stereocenters. The summed E-state index contributed by atoms with van der Waals surface area (Å²) in [5.41, 5.74) is 4.59. The lowest BCUT2D eigenvalue weighted by Crippen LogP contribution is -2.19. The smallest absolute Gasteiger partial charge is 0.292 e. The van der Waals surface area contributed by atoms with Gasteiger partial charge in [-0.25, -0.2) is 0 Å². The summed E-state index contributed by atoms with van der Waals surface area (Å²) >= 11 is 0. The van der Waals surface area contributed by atoms with Crippen molar-refractivity contribution in [2.45, 2.75) is 31.8 Å². The summed E-state index contributed by atoms with van der Waals surface area (Å²) in [5, 5.41) is 14.5. The van der Waals surface area contributed by atoms with Gasteiger partial charge in [0.2, 0.25) is 0 Å². The first-order valence-corrected chi connectivity index (χ1v) is 8.07. The molecule has 0 aromatic heterocycles. The van der Waals surface area contributed by atoms with Crippen molar-refractivity contribution in [3.63, 3.8) is 0 Å². The lowest BCUT2D eigenvalue weighted by molar-refractivity contribution is -0.384. The van der Waals surface area contributed by atoms with Crippen LogP contribution in [0.4, 0.5) is 17.1 Å². The van der Waals surface area contributed by atoms with Crippen molar-refractivity contribution < 1.29 is 4.92 Å². The predicted octanol–water partition coefficient (Wildman–Crippen LogP) is 3.73. The van der Waals surface area contributed by atoms with Crippen molar-refractivity contribution in [1.29, 1.82) is 0 Å². The summed E-state index contributed by atoms with van der Waals surface area (Å²) in [5.74, 6) is 0. The zero-order valence-electron chi connectivity index (χ0n) is 12.9. The third-order valence-corrected chi connectivity index (χ3v) is 4.55. The Morgan fingerprint density at radius 2 is 2.04 bits per heavy atom. The van der Waals surface area contributed by atoms with Gasteiger partial charge in [0, 0.05) is 30.9 Å². The minimum atomic E-state index is -0.306. The molecule has 1 saturated carbocycles. The van der Waals surface area contributed by atoms with Crippen LogP contribution in [0.5, 0.6) is 0 Å². The Labute approximate surface area is 135 Å². The molecule has 1 aliphatic heterocycles. The van der Waals surface area contributed by atoms with Gasteiger partial charge in [0.05, 0.1) is 4.92 Å². The largest absolute Gasteiger partial charge is 0.377 e. The number of hydrogen-bond donors (Lipinski definition) is 1. The molecule has 5 nitrogen and oxygen atoms in total. The van der Waals surface area contributed by atoms with Crippen molar-refractivity contribution in [2.75, 3.05) is 16.8 Å². The molecule has 0 amide bonds. The van der Waals surface area contributed by atoms with Crippen LogP contribution in [0.1, 0.15) is 24.0 Å². The zero-order valence-corrected chi connectivity index (χ0v) is 12.9. The van der Waals surface area contributed by atoms with Crippen molar-refractivity contribution in [3.05, 3.63) is 63.7 Å². The van der Waals surface area contributed by atoms with Gasteiger partial charge in [0.15, 0.2) is 0 Å². The van der Waals surface area contributed by atoms with E-state index < -0.39 is 0 Å². The fourth-order valence-electron chi connectivity index (χ4n) is 3.20. The van der Waals surface area contributed by atoms with Gasteiger partial charge in [-0.3, -0.25) is 10.1 Å². The molecule has 0 bridgehead atoms. The summed E-state index contributed by atoms with van der Waals surface area (Å²) in [6.45, 7) is 1.79. The Bertz CT molecular complexity index is 756. The molecule has 1 aliphatic carbocycles. The fourth-order valence-corrected chi connectivity index (χ4v) is 3.20. The molecule has 0 radical (unpaired) electrons. The molecule has 0 atom stereocenters. The summed E-state index contributed by atoms with van der Waals surface area (Å²) < 4.78 is 0. The van der Waals surface area contributed by atoms with Crippen LogP contribution < -0.4 is 10.2 Å². The van der Waals surface area contributed by atoms with Crippen molar-refractivity contribution in [3.8, 4) is 0 Å². The Balaban J connectivity index is 1.58. The molecule has 5 heteroatoms. The van der Waals surface area contributed by atoms with Gasteiger partial charge in [-0.15, -0.1) is 0 Å². The highest BCUT2D eigenvalue weighted by Gasteiger charge is 2.25. The number of nitro benzene ring substituents is 1. The van der Waals surface area contributed by atoms with E-state index >= 15 is 0 Å². The molecule has 4 rings (SSSR count). The van der Waals surface area contributed by atoms with Gasteiger partial charge in [0.1, 0.15) is 5.69 Å². The third-order valence-electron chi connectivity index (χ3n) is 4.55. The Morgan fingerprint density at radius 3 is 2.83 bits per heavy atom. The van der Waals surface area contributed by atoms with E-state index in [1.807, 2.05) is 12.1 Å². The summed E-state index contributed by atoms with van der Waals surface area (Å²) in [4.78, 5) is 13.2. The van der Waals surface area contributed by atoms with Gasteiger partial charge in [-0.2, -0.15) is 0 Å². The molecule has 1 fully saturated rings. The first kappa shape index (κ1) is 14.1. The Kier molecular flexibility index (Phi) is 3.41. The first-order valence-electron chi connectivity index (χ1n) is 8.07. The molecule has 1 N–H and O–H groups in total. The molecule has 2 aromatic rings. The Hall–Kier alpha value is -2.56. The van der Waals surface area contributed by atoms with Crippen LogP contribution in [0.3, 0.4) is 0 Å².